The number of carboxylic acid groups (broad SMARTS) is 1. The van der Waals surface area contributed by atoms with Crippen molar-refractivity contribution in [3.8, 4) is 0 Å². The molecule has 72 valence electrons. The van der Waals surface area contributed by atoms with E-state index in [-0.39, 0.29) is 5.76 Å². The summed E-state index contributed by atoms with van der Waals surface area (Å²) >= 11 is 1.46. The zero-order valence-corrected chi connectivity index (χ0v) is 7.87. The van der Waals surface area contributed by atoms with Crippen molar-refractivity contribution in [2.45, 2.75) is 6.10 Å². The molecule has 13 heavy (non-hydrogen) atoms. The zero-order valence-electron chi connectivity index (χ0n) is 7.06. The molecule has 0 fully saturated rings. The molecule has 0 bridgehead atoms. The fourth-order valence-electron chi connectivity index (χ4n) is 0.887. The van der Waals surface area contributed by atoms with E-state index in [4.69, 9.17) is 9.52 Å². The highest BCUT2D eigenvalue weighted by atomic mass is 32.2. The van der Waals surface area contributed by atoms with E-state index in [0.717, 1.165) is 0 Å². The lowest BCUT2D eigenvalue weighted by molar-refractivity contribution is 0.0654. The molecule has 1 rings (SSSR count). The average molecular weight is 202 g/mol. The van der Waals surface area contributed by atoms with Crippen LogP contribution in [0.25, 0.3) is 0 Å². The number of furan rings is 1. The highest BCUT2D eigenvalue weighted by molar-refractivity contribution is 7.98. The van der Waals surface area contributed by atoms with E-state index in [1.807, 2.05) is 6.26 Å². The molecule has 1 aromatic rings. The van der Waals surface area contributed by atoms with Crippen molar-refractivity contribution in [3.63, 3.8) is 0 Å². The summed E-state index contributed by atoms with van der Waals surface area (Å²) in [7, 11) is 0. The van der Waals surface area contributed by atoms with Crippen LogP contribution in [0.1, 0.15) is 22.4 Å². The van der Waals surface area contributed by atoms with Crippen LogP contribution >= 0.6 is 11.8 Å². The number of aliphatic hydroxyl groups excluding tert-OH is 1. The maximum absolute atomic E-state index is 10.4. The predicted molar refractivity (Wildman–Crippen MR) is 49.0 cm³/mol. The Labute approximate surface area is 79.6 Å². The molecule has 2 N–H and O–H groups in total. The largest absolute Gasteiger partial charge is 0.475 e. The van der Waals surface area contributed by atoms with Crippen LogP contribution in [0.2, 0.25) is 0 Å². The fraction of sp³-hybridized carbons (Fsp3) is 0.375. The Morgan fingerprint density at radius 2 is 2.38 bits per heavy atom. The minimum Gasteiger partial charge on any atom is -0.475 e. The van der Waals surface area contributed by atoms with Gasteiger partial charge in [-0.05, 0) is 18.4 Å². The zero-order chi connectivity index (χ0) is 9.84. The SMILES string of the molecule is CSCC(O)c1ccc(C(=O)O)o1. The van der Waals surface area contributed by atoms with E-state index in [0.29, 0.717) is 11.5 Å². The quantitative estimate of drug-likeness (QED) is 0.771. The van der Waals surface area contributed by atoms with E-state index in [1.54, 1.807) is 0 Å². The van der Waals surface area contributed by atoms with Gasteiger partial charge in [0.2, 0.25) is 5.76 Å². The minimum absolute atomic E-state index is 0.143. The number of rotatable bonds is 4. The van der Waals surface area contributed by atoms with Crippen LogP contribution in [0.5, 0.6) is 0 Å². The number of aromatic carboxylic acids is 1. The smallest absolute Gasteiger partial charge is 0.371 e. The molecule has 4 nitrogen and oxygen atoms in total. The first-order chi connectivity index (χ1) is 6.15. The first-order valence-corrected chi connectivity index (χ1v) is 5.04. The van der Waals surface area contributed by atoms with Crippen molar-refractivity contribution < 1.29 is 19.4 Å². The molecule has 0 amide bonds. The Kier molecular flexibility index (Phi) is 3.39. The van der Waals surface area contributed by atoms with Crippen LogP contribution in [0.3, 0.4) is 0 Å². The van der Waals surface area contributed by atoms with Gasteiger partial charge in [0.15, 0.2) is 0 Å². The molecule has 0 aliphatic carbocycles. The number of aliphatic hydroxyl groups is 1. The van der Waals surface area contributed by atoms with Crippen LogP contribution in [-0.4, -0.2) is 28.2 Å². The molecular formula is C8H10O4S. The second kappa shape index (κ2) is 4.34. The maximum Gasteiger partial charge on any atom is 0.371 e. The van der Waals surface area contributed by atoms with Gasteiger partial charge in [-0.1, -0.05) is 0 Å². The lowest BCUT2D eigenvalue weighted by Gasteiger charge is -2.03. The van der Waals surface area contributed by atoms with Crippen LogP contribution in [-0.2, 0) is 0 Å². The molecule has 0 saturated heterocycles. The topological polar surface area (TPSA) is 70.7 Å². The Hall–Kier alpha value is -0.940. The standard InChI is InChI=1S/C8H10O4S/c1-13-4-5(9)6-2-3-7(12-6)8(10)11/h2-3,5,9H,4H2,1H3,(H,10,11). The summed E-state index contributed by atoms with van der Waals surface area (Å²) < 4.78 is 4.90. The monoisotopic (exact) mass is 202 g/mol. The molecule has 1 unspecified atom stereocenters. The number of thioether (sulfide) groups is 1. The van der Waals surface area contributed by atoms with Gasteiger partial charge < -0.3 is 14.6 Å². The van der Waals surface area contributed by atoms with Crippen LogP contribution in [0.15, 0.2) is 16.5 Å². The minimum atomic E-state index is -1.12. The molecule has 1 aromatic heterocycles. The van der Waals surface area contributed by atoms with Crippen LogP contribution in [0, 0.1) is 0 Å². The van der Waals surface area contributed by atoms with Crippen LogP contribution < -0.4 is 0 Å². The molecule has 0 aromatic carbocycles. The molecule has 0 spiro atoms. The normalized spacial score (nSPS) is 12.8. The Morgan fingerprint density at radius 1 is 1.69 bits per heavy atom. The van der Waals surface area contributed by atoms with Crippen molar-refractivity contribution in [1.29, 1.82) is 0 Å². The van der Waals surface area contributed by atoms with Gasteiger partial charge in [-0.25, -0.2) is 4.79 Å². The van der Waals surface area contributed by atoms with Gasteiger partial charge in [0.25, 0.3) is 0 Å². The highest BCUT2D eigenvalue weighted by Crippen LogP contribution is 2.19. The van der Waals surface area contributed by atoms with E-state index >= 15 is 0 Å². The van der Waals surface area contributed by atoms with E-state index in [1.165, 1.54) is 23.9 Å². The molecule has 1 atom stereocenters. The lowest BCUT2D eigenvalue weighted by Crippen LogP contribution is -1.98. The maximum atomic E-state index is 10.4. The van der Waals surface area contributed by atoms with Gasteiger partial charge in [-0.2, -0.15) is 11.8 Å². The summed E-state index contributed by atoms with van der Waals surface area (Å²) in [5, 5.41) is 17.9. The van der Waals surface area contributed by atoms with E-state index in [2.05, 4.69) is 0 Å². The Balaban J connectivity index is 2.73. The average Bonchev–Trinajstić information content (AvgIpc) is 2.52. The predicted octanol–water partition coefficient (Wildman–Crippen LogP) is 1.37. The van der Waals surface area contributed by atoms with Gasteiger partial charge in [-0.15, -0.1) is 0 Å². The summed E-state index contributed by atoms with van der Waals surface area (Å²) in [6.07, 6.45) is 1.12. The second-order valence-electron chi connectivity index (χ2n) is 2.48. The molecule has 0 aliphatic rings. The molecule has 0 saturated carbocycles. The summed E-state index contributed by atoms with van der Waals surface area (Å²) in [6, 6.07) is 2.81. The van der Waals surface area contributed by atoms with Crippen molar-refractivity contribution >= 4 is 17.7 Å². The number of hydrogen-bond acceptors (Lipinski definition) is 4. The summed E-state index contributed by atoms with van der Waals surface area (Å²) in [5.74, 6) is -0.475. The molecule has 0 radical (unpaired) electrons. The highest BCUT2D eigenvalue weighted by Gasteiger charge is 2.14. The third-order valence-corrected chi connectivity index (χ3v) is 2.14. The van der Waals surface area contributed by atoms with Gasteiger partial charge in [0.1, 0.15) is 11.9 Å². The summed E-state index contributed by atoms with van der Waals surface area (Å²) in [4.78, 5) is 10.4. The van der Waals surface area contributed by atoms with Crippen molar-refractivity contribution in [2.75, 3.05) is 12.0 Å². The number of carboxylic acids is 1. The first-order valence-electron chi connectivity index (χ1n) is 3.65. The number of hydrogen-bond donors (Lipinski definition) is 2. The Morgan fingerprint density at radius 3 is 2.85 bits per heavy atom. The lowest BCUT2D eigenvalue weighted by atomic mass is 10.3. The third-order valence-electron chi connectivity index (χ3n) is 1.49. The van der Waals surface area contributed by atoms with Gasteiger partial charge in [-0.3, -0.25) is 0 Å². The molecule has 1 heterocycles. The van der Waals surface area contributed by atoms with Crippen LogP contribution in [0.4, 0.5) is 0 Å². The number of carbonyl (C=O) groups is 1. The fourth-order valence-corrected chi connectivity index (χ4v) is 1.37. The summed E-state index contributed by atoms with van der Waals surface area (Å²) in [6.45, 7) is 0. The molecule has 0 aliphatic heterocycles. The second-order valence-corrected chi connectivity index (χ2v) is 3.39. The van der Waals surface area contributed by atoms with Crippen molar-refractivity contribution in [2.24, 2.45) is 0 Å². The molecular weight excluding hydrogens is 192 g/mol. The first kappa shape index (κ1) is 10.1. The van der Waals surface area contributed by atoms with Gasteiger partial charge in [0, 0.05) is 5.75 Å². The van der Waals surface area contributed by atoms with Gasteiger partial charge >= 0.3 is 5.97 Å². The van der Waals surface area contributed by atoms with Gasteiger partial charge in [0.05, 0.1) is 0 Å². The third kappa shape index (κ3) is 2.50. The molecule has 5 heteroatoms. The Bertz CT molecular complexity index is 294. The van der Waals surface area contributed by atoms with Crippen molar-refractivity contribution in [1.82, 2.24) is 0 Å². The van der Waals surface area contributed by atoms with E-state index < -0.39 is 12.1 Å². The van der Waals surface area contributed by atoms with E-state index in [9.17, 15) is 9.90 Å². The summed E-state index contributed by atoms with van der Waals surface area (Å²) in [5.41, 5.74) is 0. The van der Waals surface area contributed by atoms with Crippen molar-refractivity contribution in [3.05, 3.63) is 23.7 Å².